The van der Waals surface area contributed by atoms with Crippen LogP contribution in [0, 0.1) is 12.8 Å². The largest absolute Gasteiger partial charge is 0.327 e. The highest BCUT2D eigenvalue weighted by Gasteiger charge is 2.29. The van der Waals surface area contributed by atoms with E-state index in [1.54, 1.807) is 0 Å². The third-order valence-electron chi connectivity index (χ3n) is 2.91. The second kappa shape index (κ2) is 4.45. The maximum absolute atomic E-state index is 12.0. The summed E-state index contributed by atoms with van der Waals surface area (Å²) in [7, 11) is -0.931. The van der Waals surface area contributed by atoms with Crippen molar-refractivity contribution in [3.8, 4) is 0 Å². The van der Waals surface area contributed by atoms with Gasteiger partial charge in [0.2, 0.25) is 0 Å². The molecule has 2 N–H and O–H groups in total. The van der Waals surface area contributed by atoms with Gasteiger partial charge in [0.25, 0.3) is 0 Å². The van der Waals surface area contributed by atoms with Gasteiger partial charge in [0.15, 0.2) is 0 Å². The lowest BCUT2D eigenvalue weighted by Crippen LogP contribution is -2.29. The van der Waals surface area contributed by atoms with Gasteiger partial charge in [0.05, 0.1) is 10.8 Å². The van der Waals surface area contributed by atoms with Gasteiger partial charge >= 0.3 is 0 Å². The van der Waals surface area contributed by atoms with E-state index in [1.807, 2.05) is 31.2 Å². The zero-order chi connectivity index (χ0) is 10.8. The fourth-order valence-corrected chi connectivity index (χ4v) is 3.20. The van der Waals surface area contributed by atoms with Crippen molar-refractivity contribution in [1.29, 1.82) is 0 Å². The van der Waals surface area contributed by atoms with Crippen LogP contribution in [0.1, 0.15) is 18.4 Å². The summed E-state index contributed by atoms with van der Waals surface area (Å²) in [4.78, 5) is 0.939. The van der Waals surface area contributed by atoms with Crippen molar-refractivity contribution >= 4 is 10.8 Å². The van der Waals surface area contributed by atoms with Crippen molar-refractivity contribution in [2.75, 3.05) is 5.75 Å². The van der Waals surface area contributed by atoms with Gasteiger partial charge in [-0.15, -0.1) is 0 Å². The first-order valence-corrected chi connectivity index (χ1v) is 6.70. The Bertz CT molecular complexity index is 374. The predicted octanol–water partition coefficient (Wildman–Crippen LogP) is 1.84. The number of hydrogen-bond acceptors (Lipinski definition) is 2. The molecule has 0 aliphatic heterocycles. The molecule has 0 amide bonds. The maximum atomic E-state index is 12.0. The molecule has 2 rings (SSSR count). The molecule has 1 aromatic carbocycles. The van der Waals surface area contributed by atoms with E-state index in [0.717, 1.165) is 10.5 Å². The van der Waals surface area contributed by atoms with Gasteiger partial charge in [-0.1, -0.05) is 18.2 Å². The molecule has 1 aromatic rings. The van der Waals surface area contributed by atoms with Gasteiger partial charge in [-0.3, -0.25) is 4.21 Å². The zero-order valence-electron chi connectivity index (χ0n) is 8.98. The molecule has 2 unspecified atom stereocenters. The molecule has 82 valence electrons. The molecule has 0 spiro atoms. The Kier molecular flexibility index (Phi) is 3.22. The van der Waals surface area contributed by atoms with E-state index in [4.69, 9.17) is 5.73 Å². The number of rotatable bonds is 4. The molecule has 1 saturated carbocycles. The van der Waals surface area contributed by atoms with Crippen molar-refractivity contribution in [2.24, 2.45) is 11.7 Å². The summed E-state index contributed by atoms with van der Waals surface area (Å²) in [6, 6.07) is 7.95. The average molecular weight is 223 g/mol. The van der Waals surface area contributed by atoms with Crippen LogP contribution in [0.15, 0.2) is 29.2 Å². The number of aryl methyl sites for hydroxylation is 1. The van der Waals surface area contributed by atoms with Crippen molar-refractivity contribution in [3.05, 3.63) is 29.8 Å². The molecular weight excluding hydrogens is 206 g/mol. The van der Waals surface area contributed by atoms with Gasteiger partial charge in [-0.25, -0.2) is 0 Å². The molecule has 2 atom stereocenters. The normalized spacial score (nSPS) is 19.9. The molecule has 1 aliphatic carbocycles. The van der Waals surface area contributed by atoms with Crippen LogP contribution in [0.2, 0.25) is 0 Å². The summed E-state index contributed by atoms with van der Waals surface area (Å²) >= 11 is 0. The second-order valence-corrected chi connectivity index (χ2v) is 5.74. The number of hydrogen-bond donors (Lipinski definition) is 1. The van der Waals surface area contributed by atoms with E-state index in [9.17, 15) is 4.21 Å². The summed E-state index contributed by atoms with van der Waals surface area (Å²) in [6.07, 6.45) is 2.43. The van der Waals surface area contributed by atoms with E-state index in [1.165, 1.54) is 12.8 Å². The van der Waals surface area contributed by atoms with E-state index in [2.05, 4.69) is 0 Å². The highest BCUT2D eigenvalue weighted by Crippen LogP contribution is 2.32. The van der Waals surface area contributed by atoms with Crippen LogP contribution < -0.4 is 5.73 Å². The summed E-state index contributed by atoms with van der Waals surface area (Å²) in [5.74, 6) is 1.23. The van der Waals surface area contributed by atoms with Crippen LogP contribution in [0.4, 0.5) is 0 Å². The lowest BCUT2D eigenvalue weighted by atomic mass is 10.2. The quantitative estimate of drug-likeness (QED) is 0.846. The second-order valence-electron chi connectivity index (χ2n) is 4.28. The first kappa shape index (κ1) is 10.8. The third-order valence-corrected chi connectivity index (χ3v) is 4.55. The van der Waals surface area contributed by atoms with Crippen molar-refractivity contribution in [1.82, 2.24) is 0 Å². The Morgan fingerprint density at radius 1 is 1.47 bits per heavy atom. The smallest absolute Gasteiger partial charge is 0.0547 e. The maximum Gasteiger partial charge on any atom is 0.0547 e. The highest BCUT2D eigenvalue weighted by molar-refractivity contribution is 7.85. The van der Waals surface area contributed by atoms with Crippen LogP contribution in [-0.4, -0.2) is 16.0 Å². The Balaban J connectivity index is 2.04. The van der Waals surface area contributed by atoms with Gasteiger partial charge < -0.3 is 5.73 Å². The monoisotopic (exact) mass is 223 g/mol. The lowest BCUT2D eigenvalue weighted by Gasteiger charge is -2.11. The van der Waals surface area contributed by atoms with E-state index >= 15 is 0 Å². The van der Waals surface area contributed by atoms with Crippen LogP contribution in [0.3, 0.4) is 0 Å². The van der Waals surface area contributed by atoms with Crippen LogP contribution in [0.25, 0.3) is 0 Å². The Hall–Kier alpha value is -0.670. The summed E-state index contributed by atoms with van der Waals surface area (Å²) in [5.41, 5.74) is 7.07. The molecule has 0 heterocycles. The average Bonchev–Trinajstić information content (AvgIpc) is 3.01. The highest BCUT2D eigenvalue weighted by atomic mass is 32.2. The Labute approximate surface area is 93.3 Å². The van der Waals surface area contributed by atoms with Gasteiger partial charge in [0, 0.05) is 16.7 Å². The molecule has 15 heavy (non-hydrogen) atoms. The van der Waals surface area contributed by atoms with Crippen LogP contribution >= 0.6 is 0 Å². The fourth-order valence-electron chi connectivity index (χ4n) is 1.74. The van der Waals surface area contributed by atoms with Crippen molar-refractivity contribution < 1.29 is 4.21 Å². The minimum absolute atomic E-state index is 0.116. The summed E-state index contributed by atoms with van der Waals surface area (Å²) in [6.45, 7) is 2.00. The summed E-state index contributed by atoms with van der Waals surface area (Å²) < 4.78 is 12.0. The molecule has 0 saturated heterocycles. The first-order valence-electron chi connectivity index (χ1n) is 5.38. The molecule has 0 radical (unpaired) electrons. The molecule has 0 aromatic heterocycles. The number of nitrogens with two attached hydrogens (primary N) is 1. The topological polar surface area (TPSA) is 43.1 Å². The SMILES string of the molecule is Cc1ccccc1S(=O)CC(N)C1CC1. The third kappa shape index (κ3) is 2.67. The van der Waals surface area contributed by atoms with E-state index in [-0.39, 0.29) is 6.04 Å². The minimum atomic E-state index is -0.931. The lowest BCUT2D eigenvalue weighted by molar-refractivity contribution is 0.634. The molecule has 1 aliphatic rings. The Morgan fingerprint density at radius 2 is 2.13 bits per heavy atom. The molecule has 3 heteroatoms. The molecular formula is C12H17NOS. The standard InChI is InChI=1S/C12H17NOS/c1-9-4-2-3-5-12(9)15(14)8-11(13)10-6-7-10/h2-5,10-11H,6-8,13H2,1H3. The van der Waals surface area contributed by atoms with Crippen molar-refractivity contribution in [2.45, 2.75) is 30.7 Å². The van der Waals surface area contributed by atoms with Crippen molar-refractivity contribution in [3.63, 3.8) is 0 Å². The Morgan fingerprint density at radius 3 is 2.73 bits per heavy atom. The minimum Gasteiger partial charge on any atom is -0.327 e. The van der Waals surface area contributed by atoms with Gasteiger partial charge in [-0.05, 0) is 37.3 Å². The van der Waals surface area contributed by atoms with Crippen LogP contribution in [-0.2, 0) is 10.8 Å². The predicted molar refractivity (Wildman–Crippen MR) is 63.2 cm³/mol. The van der Waals surface area contributed by atoms with Gasteiger partial charge in [-0.2, -0.15) is 0 Å². The molecule has 1 fully saturated rings. The molecule has 2 nitrogen and oxygen atoms in total. The van der Waals surface area contributed by atoms with E-state index in [0.29, 0.717) is 11.7 Å². The summed E-state index contributed by atoms with van der Waals surface area (Å²) in [5, 5.41) is 0. The van der Waals surface area contributed by atoms with E-state index < -0.39 is 10.8 Å². The first-order chi connectivity index (χ1) is 7.18. The number of benzene rings is 1. The van der Waals surface area contributed by atoms with Crippen LogP contribution in [0.5, 0.6) is 0 Å². The fraction of sp³-hybridized carbons (Fsp3) is 0.500. The zero-order valence-corrected chi connectivity index (χ0v) is 9.80. The molecule has 0 bridgehead atoms. The van der Waals surface area contributed by atoms with Gasteiger partial charge in [0.1, 0.15) is 0 Å².